The fraction of sp³-hybridized carbons (Fsp3) is 0.111. The van der Waals surface area contributed by atoms with Crippen molar-refractivity contribution in [2.75, 3.05) is 5.43 Å². The van der Waals surface area contributed by atoms with Crippen molar-refractivity contribution in [3.8, 4) is 17.3 Å². The number of halogens is 1. The molecule has 2 aromatic heterocycles. The SMILES string of the molecule is N#CCCn1cc(C=NNc2ccccn2)c(-c2ccccc2Br)n1. The number of hydrogen-bond acceptors (Lipinski definition) is 5. The van der Waals surface area contributed by atoms with E-state index in [1.807, 2.05) is 48.7 Å². The summed E-state index contributed by atoms with van der Waals surface area (Å²) < 4.78 is 2.72. The largest absolute Gasteiger partial charge is 0.270 e. The number of rotatable bonds is 6. The molecule has 7 heteroatoms. The molecule has 0 bridgehead atoms. The van der Waals surface area contributed by atoms with E-state index in [1.165, 1.54) is 0 Å². The number of anilines is 1. The minimum absolute atomic E-state index is 0.403. The molecule has 2 heterocycles. The van der Waals surface area contributed by atoms with Gasteiger partial charge in [-0.05, 0) is 18.2 Å². The molecule has 0 amide bonds. The number of nitrogens with zero attached hydrogens (tertiary/aromatic N) is 5. The molecule has 0 fully saturated rings. The Morgan fingerprint density at radius 3 is 2.84 bits per heavy atom. The second-order valence-electron chi connectivity index (χ2n) is 5.17. The molecule has 0 aliphatic heterocycles. The minimum atomic E-state index is 0.403. The molecule has 3 aromatic rings. The van der Waals surface area contributed by atoms with Crippen molar-refractivity contribution in [2.45, 2.75) is 13.0 Å². The summed E-state index contributed by atoms with van der Waals surface area (Å²) in [7, 11) is 0. The lowest BCUT2D eigenvalue weighted by Gasteiger charge is -2.02. The zero-order valence-corrected chi connectivity index (χ0v) is 14.9. The molecule has 0 spiro atoms. The van der Waals surface area contributed by atoms with E-state index in [0.717, 1.165) is 21.3 Å². The summed E-state index contributed by atoms with van der Waals surface area (Å²) in [6, 6.07) is 15.6. The Morgan fingerprint density at radius 2 is 2.08 bits per heavy atom. The van der Waals surface area contributed by atoms with Crippen LogP contribution < -0.4 is 5.43 Å². The van der Waals surface area contributed by atoms with Crippen LogP contribution in [0, 0.1) is 11.3 Å². The van der Waals surface area contributed by atoms with E-state index < -0.39 is 0 Å². The van der Waals surface area contributed by atoms with Crippen LogP contribution in [-0.4, -0.2) is 21.0 Å². The first-order valence-electron chi connectivity index (χ1n) is 7.67. The van der Waals surface area contributed by atoms with E-state index >= 15 is 0 Å². The van der Waals surface area contributed by atoms with E-state index in [2.05, 4.69) is 42.6 Å². The lowest BCUT2D eigenvalue weighted by atomic mass is 10.1. The molecule has 3 rings (SSSR count). The second kappa shape index (κ2) is 8.22. The van der Waals surface area contributed by atoms with Gasteiger partial charge in [-0.15, -0.1) is 0 Å². The molecule has 0 aliphatic carbocycles. The predicted molar refractivity (Wildman–Crippen MR) is 101 cm³/mol. The number of nitrogens with one attached hydrogen (secondary N) is 1. The van der Waals surface area contributed by atoms with Crippen molar-refractivity contribution in [2.24, 2.45) is 5.10 Å². The fourth-order valence-electron chi connectivity index (χ4n) is 2.27. The van der Waals surface area contributed by atoms with Crippen molar-refractivity contribution >= 4 is 28.0 Å². The van der Waals surface area contributed by atoms with E-state index in [1.54, 1.807) is 17.1 Å². The van der Waals surface area contributed by atoms with Gasteiger partial charge in [-0.25, -0.2) is 4.98 Å². The zero-order valence-electron chi connectivity index (χ0n) is 13.3. The number of benzene rings is 1. The molecule has 0 saturated heterocycles. The van der Waals surface area contributed by atoms with Crippen LogP contribution in [0.4, 0.5) is 5.82 Å². The molecule has 1 aromatic carbocycles. The third-order valence-corrected chi connectivity index (χ3v) is 4.11. The standard InChI is InChI=1S/C18H15BrN6/c19-16-7-2-1-6-15(16)18-14(13-25(24-18)11-5-9-20)12-22-23-17-8-3-4-10-21-17/h1-4,6-8,10,12-13H,5,11H2,(H,21,23). The molecule has 0 saturated carbocycles. The van der Waals surface area contributed by atoms with Gasteiger partial charge in [0.1, 0.15) is 11.5 Å². The molecule has 0 radical (unpaired) electrons. The van der Waals surface area contributed by atoms with Gasteiger partial charge in [0.15, 0.2) is 0 Å². The van der Waals surface area contributed by atoms with Crippen molar-refractivity contribution in [3.63, 3.8) is 0 Å². The summed E-state index contributed by atoms with van der Waals surface area (Å²) in [6.07, 6.45) is 5.69. The Morgan fingerprint density at radius 1 is 1.24 bits per heavy atom. The first-order valence-corrected chi connectivity index (χ1v) is 8.46. The quantitative estimate of drug-likeness (QED) is 0.504. The van der Waals surface area contributed by atoms with E-state index in [-0.39, 0.29) is 0 Å². The monoisotopic (exact) mass is 394 g/mol. The van der Waals surface area contributed by atoms with Gasteiger partial charge in [-0.2, -0.15) is 15.5 Å². The van der Waals surface area contributed by atoms with E-state index in [4.69, 9.17) is 5.26 Å². The summed E-state index contributed by atoms with van der Waals surface area (Å²) >= 11 is 3.56. The lowest BCUT2D eigenvalue weighted by molar-refractivity contribution is 0.629. The maximum Gasteiger partial charge on any atom is 0.146 e. The molecule has 1 N–H and O–H groups in total. The van der Waals surface area contributed by atoms with Crippen LogP contribution in [0.25, 0.3) is 11.3 Å². The number of aryl methyl sites for hydroxylation is 1. The van der Waals surface area contributed by atoms with Crippen molar-refractivity contribution < 1.29 is 0 Å². The molecule has 6 nitrogen and oxygen atoms in total. The van der Waals surface area contributed by atoms with E-state index in [0.29, 0.717) is 18.8 Å². The molecule has 124 valence electrons. The number of hydrogen-bond donors (Lipinski definition) is 1. The fourth-order valence-corrected chi connectivity index (χ4v) is 2.74. The summed E-state index contributed by atoms with van der Waals surface area (Å²) in [5.41, 5.74) is 5.52. The van der Waals surface area contributed by atoms with Gasteiger partial charge < -0.3 is 0 Å². The van der Waals surface area contributed by atoms with Gasteiger partial charge in [0, 0.05) is 28.0 Å². The van der Waals surface area contributed by atoms with Crippen LogP contribution in [0.1, 0.15) is 12.0 Å². The number of pyridine rings is 1. The molecular formula is C18H15BrN6. The molecule has 0 unspecified atom stereocenters. The second-order valence-corrected chi connectivity index (χ2v) is 6.02. The summed E-state index contributed by atoms with van der Waals surface area (Å²) in [6.45, 7) is 0.537. The Balaban J connectivity index is 1.90. The Labute approximate surface area is 154 Å². The Bertz CT molecular complexity index is 911. The van der Waals surface area contributed by atoms with Crippen LogP contribution in [0.2, 0.25) is 0 Å². The molecule has 0 atom stereocenters. The highest BCUT2D eigenvalue weighted by Crippen LogP contribution is 2.28. The molecular weight excluding hydrogens is 380 g/mol. The normalized spacial score (nSPS) is 10.7. The zero-order chi connectivity index (χ0) is 17.5. The van der Waals surface area contributed by atoms with Crippen LogP contribution in [0.3, 0.4) is 0 Å². The van der Waals surface area contributed by atoms with Crippen LogP contribution in [0.15, 0.2) is 64.4 Å². The Kier molecular flexibility index (Phi) is 5.54. The van der Waals surface area contributed by atoms with Gasteiger partial charge in [-0.3, -0.25) is 10.1 Å². The van der Waals surface area contributed by atoms with Gasteiger partial charge >= 0.3 is 0 Å². The topological polar surface area (TPSA) is 78.9 Å². The molecule has 0 aliphatic rings. The summed E-state index contributed by atoms with van der Waals surface area (Å²) in [5.74, 6) is 0.665. The highest BCUT2D eigenvalue weighted by molar-refractivity contribution is 9.10. The van der Waals surface area contributed by atoms with Crippen LogP contribution in [-0.2, 0) is 6.54 Å². The van der Waals surface area contributed by atoms with Gasteiger partial charge in [-0.1, -0.05) is 40.2 Å². The third kappa shape index (κ3) is 4.31. The minimum Gasteiger partial charge on any atom is -0.270 e. The number of hydrazone groups is 1. The van der Waals surface area contributed by atoms with Crippen molar-refractivity contribution in [3.05, 3.63) is 64.9 Å². The molecule has 25 heavy (non-hydrogen) atoms. The van der Waals surface area contributed by atoms with Gasteiger partial charge in [0.05, 0.1) is 25.2 Å². The van der Waals surface area contributed by atoms with Crippen LogP contribution in [0.5, 0.6) is 0 Å². The average molecular weight is 395 g/mol. The smallest absolute Gasteiger partial charge is 0.146 e. The summed E-state index contributed by atoms with van der Waals surface area (Å²) in [4.78, 5) is 4.16. The first-order chi connectivity index (χ1) is 12.3. The maximum atomic E-state index is 8.79. The van der Waals surface area contributed by atoms with Crippen molar-refractivity contribution in [1.82, 2.24) is 14.8 Å². The summed E-state index contributed by atoms with van der Waals surface area (Å²) in [5, 5.41) is 17.6. The average Bonchev–Trinajstić information content (AvgIpc) is 3.04. The first kappa shape index (κ1) is 16.9. The predicted octanol–water partition coefficient (Wildman–Crippen LogP) is 4.07. The van der Waals surface area contributed by atoms with Crippen LogP contribution >= 0.6 is 15.9 Å². The maximum absolute atomic E-state index is 8.79. The van der Waals surface area contributed by atoms with Crippen molar-refractivity contribution in [1.29, 1.82) is 5.26 Å². The van der Waals surface area contributed by atoms with Gasteiger partial charge in [0.2, 0.25) is 0 Å². The third-order valence-electron chi connectivity index (χ3n) is 3.42. The lowest BCUT2D eigenvalue weighted by Crippen LogP contribution is -1.97. The van der Waals surface area contributed by atoms with Gasteiger partial charge in [0.25, 0.3) is 0 Å². The highest BCUT2D eigenvalue weighted by Gasteiger charge is 2.12. The number of aromatic nitrogens is 3. The van der Waals surface area contributed by atoms with E-state index in [9.17, 15) is 0 Å². The Hall–Kier alpha value is -2.98. The highest BCUT2D eigenvalue weighted by atomic mass is 79.9. The number of nitriles is 1.